The summed E-state index contributed by atoms with van der Waals surface area (Å²) in [6.07, 6.45) is 0. The van der Waals surface area contributed by atoms with Crippen molar-refractivity contribution in [1.82, 2.24) is 10.2 Å². The lowest BCUT2D eigenvalue weighted by atomic mass is 9.64. The van der Waals surface area contributed by atoms with Gasteiger partial charge in [0, 0.05) is 30.7 Å². The zero-order chi connectivity index (χ0) is 11.4. The Morgan fingerprint density at radius 1 is 0.933 bits per heavy atom. The maximum absolute atomic E-state index is 3.70. The first-order valence-electron chi connectivity index (χ1n) is 6.21. The van der Waals surface area contributed by atoms with Crippen LogP contribution < -0.4 is 5.32 Å². The topological polar surface area (TPSA) is 15.3 Å². The van der Waals surface area contributed by atoms with Gasteiger partial charge < -0.3 is 5.32 Å². The molecule has 2 bridgehead atoms. The van der Waals surface area contributed by atoms with Crippen LogP contribution in [0.15, 0.2) is 0 Å². The Morgan fingerprint density at radius 3 is 1.73 bits per heavy atom. The van der Waals surface area contributed by atoms with Crippen molar-refractivity contribution in [2.75, 3.05) is 13.1 Å². The van der Waals surface area contributed by atoms with Gasteiger partial charge in [0.1, 0.15) is 0 Å². The van der Waals surface area contributed by atoms with E-state index in [1.807, 2.05) is 0 Å². The molecule has 0 aromatic heterocycles. The highest BCUT2D eigenvalue weighted by molar-refractivity contribution is 5.10. The third-order valence-electron chi connectivity index (χ3n) is 4.08. The zero-order valence-corrected chi connectivity index (χ0v) is 11.1. The fraction of sp³-hybridized carbons (Fsp3) is 1.00. The molecular weight excluding hydrogens is 184 g/mol. The molecule has 0 radical (unpaired) electrons. The van der Waals surface area contributed by atoms with E-state index in [1.165, 1.54) is 13.1 Å². The van der Waals surface area contributed by atoms with Gasteiger partial charge in [0.05, 0.1) is 0 Å². The Morgan fingerprint density at radius 2 is 1.40 bits per heavy atom. The second kappa shape index (κ2) is 3.21. The first kappa shape index (κ1) is 11.4. The van der Waals surface area contributed by atoms with Crippen molar-refractivity contribution in [2.24, 2.45) is 11.3 Å². The highest BCUT2D eigenvalue weighted by atomic mass is 15.3. The van der Waals surface area contributed by atoms with Crippen molar-refractivity contribution >= 4 is 0 Å². The van der Waals surface area contributed by atoms with Crippen LogP contribution in [0.25, 0.3) is 0 Å². The van der Waals surface area contributed by atoms with Crippen LogP contribution in [0, 0.1) is 11.3 Å². The van der Waals surface area contributed by atoms with E-state index in [4.69, 9.17) is 0 Å². The van der Waals surface area contributed by atoms with E-state index in [0.717, 1.165) is 18.0 Å². The first-order chi connectivity index (χ1) is 6.69. The van der Waals surface area contributed by atoms with Gasteiger partial charge >= 0.3 is 0 Å². The SMILES string of the molecule is CC(C)(C)C1C2CN(C(C)(C)C)CC1N2. The summed E-state index contributed by atoms with van der Waals surface area (Å²) in [6.45, 7) is 16.6. The summed E-state index contributed by atoms with van der Waals surface area (Å²) in [5.41, 5.74) is 0.798. The summed E-state index contributed by atoms with van der Waals surface area (Å²) in [5.74, 6) is 0.871. The molecule has 3 aliphatic rings. The number of piperidine rings is 1. The van der Waals surface area contributed by atoms with Crippen molar-refractivity contribution in [1.29, 1.82) is 0 Å². The minimum Gasteiger partial charge on any atom is -0.308 e. The van der Waals surface area contributed by atoms with Crippen molar-refractivity contribution in [3.05, 3.63) is 0 Å². The van der Waals surface area contributed by atoms with Crippen LogP contribution in [0.4, 0.5) is 0 Å². The fourth-order valence-electron chi connectivity index (χ4n) is 3.28. The molecule has 2 heteroatoms. The summed E-state index contributed by atoms with van der Waals surface area (Å²) in [6, 6.07) is 1.45. The van der Waals surface area contributed by atoms with E-state index in [9.17, 15) is 0 Å². The van der Waals surface area contributed by atoms with Crippen molar-refractivity contribution in [3.8, 4) is 0 Å². The summed E-state index contributed by atoms with van der Waals surface area (Å²) in [4.78, 5) is 2.63. The number of rotatable bonds is 0. The largest absolute Gasteiger partial charge is 0.308 e. The van der Waals surface area contributed by atoms with Gasteiger partial charge in [-0.25, -0.2) is 0 Å². The molecule has 2 atom stereocenters. The van der Waals surface area contributed by atoms with Gasteiger partial charge in [0.15, 0.2) is 0 Å². The lowest BCUT2D eigenvalue weighted by molar-refractivity contribution is -0.0709. The molecule has 0 saturated carbocycles. The Hall–Kier alpha value is -0.0800. The molecule has 0 aromatic rings. The van der Waals surface area contributed by atoms with Gasteiger partial charge in [-0.2, -0.15) is 0 Å². The van der Waals surface area contributed by atoms with E-state index in [-0.39, 0.29) is 0 Å². The molecule has 0 aliphatic carbocycles. The summed E-state index contributed by atoms with van der Waals surface area (Å²) < 4.78 is 0. The van der Waals surface area contributed by atoms with E-state index in [0.29, 0.717) is 11.0 Å². The fourth-order valence-corrected chi connectivity index (χ4v) is 3.28. The van der Waals surface area contributed by atoms with Crippen LogP contribution >= 0.6 is 0 Å². The van der Waals surface area contributed by atoms with Gasteiger partial charge in [0.25, 0.3) is 0 Å². The van der Waals surface area contributed by atoms with Gasteiger partial charge in [0.2, 0.25) is 0 Å². The van der Waals surface area contributed by atoms with Gasteiger partial charge in [-0.15, -0.1) is 0 Å². The number of piperazine rings is 1. The first-order valence-corrected chi connectivity index (χ1v) is 6.21. The summed E-state index contributed by atoms with van der Waals surface area (Å²) >= 11 is 0. The Kier molecular flexibility index (Phi) is 2.44. The van der Waals surface area contributed by atoms with E-state index >= 15 is 0 Å². The van der Waals surface area contributed by atoms with E-state index in [1.54, 1.807) is 0 Å². The molecular formula is C13H26N2. The number of fused-ring (bicyclic) bond motifs is 2. The summed E-state index contributed by atoms with van der Waals surface area (Å²) in [5, 5.41) is 3.70. The number of hydrogen-bond donors (Lipinski definition) is 1. The second-order valence-electron chi connectivity index (χ2n) is 7.35. The van der Waals surface area contributed by atoms with Crippen LogP contribution in [-0.4, -0.2) is 35.6 Å². The highest BCUT2D eigenvalue weighted by Crippen LogP contribution is 2.42. The molecule has 0 aromatic carbocycles. The molecule has 0 spiro atoms. The molecule has 0 amide bonds. The molecule has 2 unspecified atom stereocenters. The standard InChI is InChI=1S/C13H26N2/c1-12(2,3)11-9-7-15(13(4,5)6)8-10(11)14-9/h9-11,14H,7-8H2,1-6H3. The number of nitrogens with one attached hydrogen (secondary N) is 1. The maximum Gasteiger partial charge on any atom is 0.0247 e. The average molecular weight is 210 g/mol. The van der Waals surface area contributed by atoms with E-state index < -0.39 is 0 Å². The monoisotopic (exact) mass is 210 g/mol. The van der Waals surface area contributed by atoms with Crippen molar-refractivity contribution in [3.63, 3.8) is 0 Å². The van der Waals surface area contributed by atoms with Gasteiger partial charge in [-0.05, 0) is 32.1 Å². The van der Waals surface area contributed by atoms with Crippen LogP contribution in [-0.2, 0) is 0 Å². The highest BCUT2D eigenvalue weighted by Gasteiger charge is 2.52. The third-order valence-corrected chi connectivity index (χ3v) is 4.08. The maximum atomic E-state index is 3.70. The van der Waals surface area contributed by atoms with Crippen LogP contribution in [0.5, 0.6) is 0 Å². The number of nitrogens with zero attached hydrogens (tertiary/aromatic N) is 1. The quantitative estimate of drug-likeness (QED) is 0.659. The van der Waals surface area contributed by atoms with Crippen molar-refractivity contribution < 1.29 is 0 Å². The normalized spacial score (nSPS) is 37.6. The summed E-state index contributed by atoms with van der Waals surface area (Å²) in [7, 11) is 0. The number of hydrogen-bond acceptors (Lipinski definition) is 2. The molecule has 3 aliphatic heterocycles. The predicted octanol–water partition coefficient (Wildman–Crippen LogP) is 2.10. The molecule has 3 rings (SSSR count). The van der Waals surface area contributed by atoms with Gasteiger partial charge in [-0.1, -0.05) is 20.8 Å². The molecule has 3 heterocycles. The molecule has 3 fully saturated rings. The van der Waals surface area contributed by atoms with Gasteiger partial charge in [-0.3, -0.25) is 4.90 Å². The minimum atomic E-state index is 0.335. The zero-order valence-electron chi connectivity index (χ0n) is 11.1. The molecule has 88 valence electrons. The molecule has 3 saturated heterocycles. The molecule has 2 nitrogen and oxygen atoms in total. The Labute approximate surface area is 94.4 Å². The molecule has 15 heavy (non-hydrogen) atoms. The Bertz CT molecular complexity index is 234. The predicted molar refractivity (Wildman–Crippen MR) is 65.0 cm³/mol. The average Bonchev–Trinajstić information content (AvgIpc) is 1.99. The van der Waals surface area contributed by atoms with Crippen LogP contribution in [0.3, 0.4) is 0 Å². The minimum absolute atomic E-state index is 0.335. The van der Waals surface area contributed by atoms with Crippen LogP contribution in [0.1, 0.15) is 41.5 Å². The second-order valence-corrected chi connectivity index (χ2v) is 7.35. The smallest absolute Gasteiger partial charge is 0.0247 e. The third kappa shape index (κ3) is 1.94. The molecule has 1 N–H and O–H groups in total. The van der Waals surface area contributed by atoms with Crippen LogP contribution in [0.2, 0.25) is 0 Å². The lowest BCUT2D eigenvalue weighted by Crippen LogP contribution is -2.77. The van der Waals surface area contributed by atoms with E-state index in [2.05, 4.69) is 51.8 Å². The van der Waals surface area contributed by atoms with Crippen molar-refractivity contribution in [2.45, 2.75) is 59.2 Å². The Balaban J connectivity index is 2.03. The lowest BCUT2D eigenvalue weighted by Gasteiger charge is -2.61.